The zero-order chi connectivity index (χ0) is 17.4. The Labute approximate surface area is 145 Å². The van der Waals surface area contributed by atoms with Gasteiger partial charge in [0.05, 0.1) is 12.5 Å². The Morgan fingerprint density at radius 2 is 2.17 bits per heavy atom. The largest absolute Gasteiger partial charge is 0.340 e. The van der Waals surface area contributed by atoms with Crippen LogP contribution in [0.15, 0.2) is 24.5 Å². The molecule has 7 heteroatoms. The van der Waals surface area contributed by atoms with E-state index in [0.717, 1.165) is 10.7 Å². The summed E-state index contributed by atoms with van der Waals surface area (Å²) in [7, 11) is 5.44. The van der Waals surface area contributed by atoms with E-state index in [1.54, 1.807) is 41.4 Å². The van der Waals surface area contributed by atoms with Crippen LogP contribution in [-0.4, -0.2) is 45.3 Å². The lowest BCUT2D eigenvalue weighted by Gasteiger charge is -2.27. The first kappa shape index (κ1) is 16.7. The Kier molecular flexibility index (Phi) is 4.45. The summed E-state index contributed by atoms with van der Waals surface area (Å²) in [5.74, 6) is 0.338. The van der Waals surface area contributed by atoms with Gasteiger partial charge in [0.25, 0.3) is 0 Å². The standard InChI is InChI=1S/C17H22N4O2S/c1-11-5-6-12(24-11)10-20(3)17(23)13-9-14(22)21(4)15(13)16-18-7-8-19(16)2/h5-8,13,15H,9-10H2,1-4H3/t13-,15-/m0/s1. The molecule has 128 valence electrons. The van der Waals surface area contributed by atoms with Crippen LogP contribution in [0, 0.1) is 12.8 Å². The van der Waals surface area contributed by atoms with Gasteiger partial charge in [-0.15, -0.1) is 11.3 Å². The molecule has 2 atom stereocenters. The van der Waals surface area contributed by atoms with E-state index in [2.05, 4.69) is 18.0 Å². The molecule has 3 rings (SSSR count). The van der Waals surface area contributed by atoms with Gasteiger partial charge in [-0.25, -0.2) is 4.98 Å². The van der Waals surface area contributed by atoms with Crippen molar-refractivity contribution in [2.75, 3.05) is 14.1 Å². The van der Waals surface area contributed by atoms with Crippen LogP contribution in [0.5, 0.6) is 0 Å². The van der Waals surface area contributed by atoms with Crippen LogP contribution in [0.25, 0.3) is 0 Å². The van der Waals surface area contributed by atoms with Crippen LogP contribution in [-0.2, 0) is 23.2 Å². The first-order valence-corrected chi connectivity index (χ1v) is 8.73. The fraction of sp³-hybridized carbons (Fsp3) is 0.471. The van der Waals surface area contributed by atoms with Gasteiger partial charge in [-0.05, 0) is 19.1 Å². The lowest BCUT2D eigenvalue weighted by molar-refractivity contribution is -0.135. The van der Waals surface area contributed by atoms with Crippen molar-refractivity contribution in [2.24, 2.45) is 13.0 Å². The Bertz CT molecular complexity index is 766. The second kappa shape index (κ2) is 6.39. The number of nitrogens with zero attached hydrogens (tertiary/aromatic N) is 4. The molecule has 6 nitrogen and oxygen atoms in total. The maximum absolute atomic E-state index is 13.0. The molecular formula is C17H22N4O2S. The number of hydrogen-bond donors (Lipinski definition) is 0. The fourth-order valence-corrected chi connectivity index (χ4v) is 4.22. The van der Waals surface area contributed by atoms with E-state index < -0.39 is 5.92 Å². The van der Waals surface area contributed by atoms with Crippen molar-refractivity contribution in [3.8, 4) is 0 Å². The van der Waals surface area contributed by atoms with Crippen LogP contribution in [0.1, 0.15) is 28.0 Å². The molecule has 0 spiro atoms. The number of likely N-dealkylation sites (tertiary alicyclic amines) is 1. The highest BCUT2D eigenvalue weighted by molar-refractivity contribution is 7.11. The summed E-state index contributed by atoms with van der Waals surface area (Å²) < 4.78 is 1.88. The summed E-state index contributed by atoms with van der Waals surface area (Å²) in [5, 5.41) is 0. The minimum atomic E-state index is -0.394. The second-order valence-corrected chi connectivity index (χ2v) is 7.74. The maximum atomic E-state index is 13.0. The molecule has 1 aliphatic rings. The number of hydrogen-bond acceptors (Lipinski definition) is 4. The number of rotatable bonds is 4. The third kappa shape index (κ3) is 2.96. The Morgan fingerprint density at radius 1 is 1.42 bits per heavy atom. The number of thiophene rings is 1. The molecule has 0 radical (unpaired) electrons. The molecule has 0 N–H and O–H groups in total. The molecule has 0 aromatic carbocycles. The van der Waals surface area contributed by atoms with E-state index in [-0.39, 0.29) is 24.3 Å². The molecule has 3 heterocycles. The van der Waals surface area contributed by atoms with Crippen LogP contribution in [0.2, 0.25) is 0 Å². The van der Waals surface area contributed by atoms with Crippen molar-refractivity contribution in [1.82, 2.24) is 19.4 Å². The van der Waals surface area contributed by atoms with Crippen molar-refractivity contribution >= 4 is 23.2 Å². The predicted molar refractivity (Wildman–Crippen MR) is 92.4 cm³/mol. The lowest BCUT2D eigenvalue weighted by atomic mass is 9.97. The summed E-state index contributed by atoms with van der Waals surface area (Å²) >= 11 is 1.69. The Morgan fingerprint density at radius 3 is 2.75 bits per heavy atom. The van der Waals surface area contributed by atoms with E-state index in [4.69, 9.17) is 0 Å². The first-order valence-electron chi connectivity index (χ1n) is 7.91. The number of carbonyl (C=O) groups excluding carboxylic acids is 2. The minimum Gasteiger partial charge on any atom is -0.340 e. The maximum Gasteiger partial charge on any atom is 0.228 e. The zero-order valence-electron chi connectivity index (χ0n) is 14.4. The van der Waals surface area contributed by atoms with E-state index in [9.17, 15) is 9.59 Å². The van der Waals surface area contributed by atoms with Crippen molar-refractivity contribution in [1.29, 1.82) is 0 Å². The van der Waals surface area contributed by atoms with Gasteiger partial charge in [0.15, 0.2) is 0 Å². The van der Waals surface area contributed by atoms with Crippen molar-refractivity contribution in [3.63, 3.8) is 0 Å². The van der Waals surface area contributed by atoms with Crippen LogP contribution in [0.4, 0.5) is 0 Å². The van der Waals surface area contributed by atoms with Gasteiger partial charge >= 0.3 is 0 Å². The van der Waals surface area contributed by atoms with Crippen molar-refractivity contribution < 1.29 is 9.59 Å². The molecule has 0 unspecified atom stereocenters. The van der Waals surface area contributed by atoms with Gasteiger partial charge in [-0.2, -0.15) is 0 Å². The van der Waals surface area contributed by atoms with Crippen molar-refractivity contribution in [2.45, 2.75) is 25.9 Å². The van der Waals surface area contributed by atoms with Gasteiger partial charge in [0.2, 0.25) is 11.8 Å². The summed E-state index contributed by atoms with van der Waals surface area (Å²) in [5.41, 5.74) is 0. The normalized spacial score (nSPS) is 20.7. The van der Waals surface area contributed by atoms with E-state index >= 15 is 0 Å². The van der Waals surface area contributed by atoms with Crippen LogP contribution >= 0.6 is 11.3 Å². The van der Waals surface area contributed by atoms with Gasteiger partial charge < -0.3 is 14.4 Å². The number of amides is 2. The first-order chi connectivity index (χ1) is 11.4. The zero-order valence-corrected chi connectivity index (χ0v) is 15.2. The average molecular weight is 346 g/mol. The summed E-state index contributed by atoms with van der Waals surface area (Å²) in [6, 6.07) is 3.80. The summed E-state index contributed by atoms with van der Waals surface area (Å²) in [4.78, 5) is 35.3. The Balaban J connectivity index is 1.81. The topological polar surface area (TPSA) is 58.4 Å². The average Bonchev–Trinajstić information content (AvgIpc) is 3.20. The monoisotopic (exact) mass is 346 g/mol. The third-order valence-electron chi connectivity index (χ3n) is 4.59. The molecule has 0 saturated carbocycles. The highest BCUT2D eigenvalue weighted by Gasteiger charge is 2.45. The van der Waals surface area contributed by atoms with Crippen LogP contribution in [0.3, 0.4) is 0 Å². The van der Waals surface area contributed by atoms with Crippen LogP contribution < -0.4 is 0 Å². The lowest BCUT2D eigenvalue weighted by Crippen LogP contribution is -2.36. The van der Waals surface area contributed by atoms with Gasteiger partial charge in [0, 0.05) is 49.7 Å². The van der Waals surface area contributed by atoms with E-state index in [1.807, 2.05) is 23.9 Å². The highest BCUT2D eigenvalue weighted by atomic mass is 32.1. The molecule has 1 aliphatic heterocycles. The molecule has 2 aromatic heterocycles. The molecule has 1 fully saturated rings. The number of aromatic nitrogens is 2. The highest BCUT2D eigenvalue weighted by Crippen LogP contribution is 2.37. The molecule has 24 heavy (non-hydrogen) atoms. The number of aryl methyl sites for hydroxylation is 2. The second-order valence-electron chi connectivity index (χ2n) is 6.36. The Hall–Kier alpha value is -2.15. The van der Waals surface area contributed by atoms with Gasteiger partial charge in [-0.1, -0.05) is 0 Å². The molecular weight excluding hydrogens is 324 g/mol. The molecule has 2 amide bonds. The fourth-order valence-electron chi connectivity index (χ4n) is 3.27. The molecule has 0 aliphatic carbocycles. The molecule has 0 bridgehead atoms. The molecule has 1 saturated heterocycles. The summed E-state index contributed by atoms with van der Waals surface area (Å²) in [6.45, 7) is 2.62. The SMILES string of the molecule is Cc1ccc(CN(C)C(=O)[C@H]2CC(=O)N(C)[C@@H]2c2nccn2C)s1. The number of carbonyl (C=O) groups is 2. The van der Waals surface area contributed by atoms with E-state index in [1.165, 1.54) is 4.88 Å². The molecule has 2 aromatic rings. The quantitative estimate of drug-likeness (QED) is 0.850. The summed E-state index contributed by atoms with van der Waals surface area (Å²) in [6.07, 6.45) is 3.78. The van der Waals surface area contributed by atoms with Gasteiger partial charge in [-0.3, -0.25) is 9.59 Å². The smallest absolute Gasteiger partial charge is 0.228 e. The van der Waals surface area contributed by atoms with Gasteiger partial charge in [0.1, 0.15) is 11.9 Å². The van der Waals surface area contributed by atoms with Crippen molar-refractivity contribution in [3.05, 3.63) is 40.1 Å². The third-order valence-corrected chi connectivity index (χ3v) is 5.58. The minimum absolute atomic E-state index is 0.00764. The van der Waals surface area contributed by atoms with E-state index in [0.29, 0.717) is 6.54 Å². The number of imidazole rings is 1. The predicted octanol–water partition coefficient (Wildman–Crippen LogP) is 1.97.